The van der Waals surface area contributed by atoms with Crippen LogP contribution in [0.3, 0.4) is 0 Å². The highest BCUT2D eigenvalue weighted by Crippen LogP contribution is 2.29. The predicted octanol–water partition coefficient (Wildman–Crippen LogP) is 3.13. The molecule has 2 N–H and O–H groups in total. The van der Waals surface area contributed by atoms with Crippen molar-refractivity contribution in [1.82, 2.24) is 14.9 Å². The SMILES string of the molecule is COc1ccc2c(CSc3nnc(-c4cccs4)n3N)cc(=O)oc2c1. The van der Waals surface area contributed by atoms with E-state index in [-0.39, 0.29) is 0 Å². The molecule has 4 rings (SSSR count). The highest BCUT2D eigenvalue weighted by Gasteiger charge is 2.14. The van der Waals surface area contributed by atoms with E-state index in [2.05, 4.69) is 10.2 Å². The first-order valence-electron chi connectivity index (χ1n) is 7.63. The van der Waals surface area contributed by atoms with Gasteiger partial charge in [-0.1, -0.05) is 17.8 Å². The Hall–Kier alpha value is -2.78. The number of nitrogens with zero attached hydrogens (tertiary/aromatic N) is 3. The van der Waals surface area contributed by atoms with E-state index in [4.69, 9.17) is 15.0 Å². The Labute approximate surface area is 156 Å². The summed E-state index contributed by atoms with van der Waals surface area (Å²) >= 11 is 2.96. The van der Waals surface area contributed by atoms with E-state index in [1.807, 2.05) is 29.6 Å². The number of hydrogen-bond acceptors (Lipinski definition) is 8. The van der Waals surface area contributed by atoms with Crippen LogP contribution in [0, 0.1) is 0 Å². The predicted molar refractivity (Wildman–Crippen MR) is 102 cm³/mol. The largest absolute Gasteiger partial charge is 0.497 e. The number of rotatable bonds is 5. The molecule has 0 aliphatic rings. The Kier molecular flexibility index (Phi) is 4.39. The van der Waals surface area contributed by atoms with Crippen molar-refractivity contribution >= 4 is 34.1 Å². The number of aromatic nitrogens is 3. The zero-order chi connectivity index (χ0) is 18.1. The number of thioether (sulfide) groups is 1. The second-order valence-electron chi connectivity index (χ2n) is 5.39. The van der Waals surface area contributed by atoms with Crippen LogP contribution in [-0.4, -0.2) is 22.0 Å². The van der Waals surface area contributed by atoms with Crippen LogP contribution in [0.15, 0.2) is 56.1 Å². The summed E-state index contributed by atoms with van der Waals surface area (Å²) in [7, 11) is 1.57. The van der Waals surface area contributed by atoms with Crippen LogP contribution in [0.2, 0.25) is 0 Å². The average molecular weight is 386 g/mol. The van der Waals surface area contributed by atoms with Crippen molar-refractivity contribution in [2.45, 2.75) is 10.9 Å². The fraction of sp³-hybridized carbons (Fsp3) is 0.118. The lowest BCUT2D eigenvalue weighted by Gasteiger charge is -2.07. The quantitative estimate of drug-likeness (QED) is 0.320. The van der Waals surface area contributed by atoms with Gasteiger partial charge >= 0.3 is 5.63 Å². The first-order valence-corrected chi connectivity index (χ1v) is 9.50. The maximum absolute atomic E-state index is 11.9. The molecule has 0 saturated carbocycles. The Morgan fingerprint density at radius 2 is 2.19 bits per heavy atom. The Morgan fingerprint density at radius 3 is 2.96 bits per heavy atom. The van der Waals surface area contributed by atoms with Crippen molar-refractivity contribution in [3.63, 3.8) is 0 Å². The summed E-state index contributed by atoms with van der Waals surface area (Å²) in [5.41, 5.74) is 0.917. The van der Waals surface area contributed by atoms with Crippen LogP contribution in [0.4, 0.5) is 0 Å². The molecule has 0 unspecified atom stereocenters. The molecule has 0 atom stereocenters. The van der Waals surface area contributed by atoms with E-state index in [0.717, 1.165) is 15.8 Å². The molecule has 0 bridgehead atoms. The Morgan fingerprint density at radius 1 is 1.31 bits per heavy atom. The standard InChI is InChI=1S/C17H14N4O3S2/c1-23-11-4-5-12-10(7-15(22)24-13(12)8-11)9-26-17-20-19-16(21(17)18)14-3-2-6-25-14/h2-8H,9,18H2,1H3. The molecule has 7 nitrogen and oxygen atoms in total. The second-order valence-corrected chi connectivity index (χ2v) is 7.29. The monoisotopic (exact) mass is 386 g/mol. The van der Waals surface area contributed by atoms with Crippen molar-refractivity contribution in [3.05, 3.63) is 57.8 Å². The third kappa shape index (κ3) is 3.06. The summed E-state index contributed by atoms with van der Waals surface area (Å²) in [4.78, 5) is 12.8. The summed E-state index contributed by atoms with van der Waals surface area (Å²) in [5, 5.41) is 11.7. The fourth-order valence-corrected chi connectivity index (χ4v) is 4.10. The highest BCUT2D eigenvalue weighted by molar-refractivity contribution is 7.98. The highest BCUT2D eigenvalue weighted by atomic mass is 32.2. The van der Waals surface area contributed by atoms with Gasteiger partial charge in [0.1, 0.15) is 11.3 Å². The molecule has 0 radical (unpaired) electrons. The first kappa shape index (κ1) is 16.7. The van der Waals surface area contributed by atoms with E-state index in [1.54, 1.807) is 24.5 Å². The van der Waals surface area contributed by atoms with Gasteiger partial charge in [-0.05, 0) is 29.1 Å². The van der Waals surface area contributed by atoms with E-state index in [0.29, 0.717) is 28.1 Å². The minimum Gasteiger partial charge on any atom is -0.497 e. The van der Waals surface area contributed by atoms with Crippen molar-refractivity contribution in [3.8, 4) is 16.5 Å². The number of ether oxygens (including phenoxy) is 1. The first-order chi connectivity index (χ1) is 12.7. The van der Waals surface area contributed by atoms with Crippen molar-refractivity contribution in [2.24, 2.45) is 0 Å². The number of methoxy groups -OCH3 is 1. The Balaban J connectivity index is 1.63. The topological polar surface area (TPSA) is 96.2 Å². The summed E-state index contributed by atoms with van der Waals surface area (Å²) < 4.78 is 11.9. The van der Waals surface area contributed by atoms with E-state index >= 15 is 0 Å². The molecular weight excluding hydrogens is 372 g/mol. The zero-order valence-corrected chi connectivity index (χ0v) is 15.3. The van der Waals surface area contributed by atoms with Crippen LogP contribution in [0.5, 0.6) is 5.75 Å². The summed E-state index contributed by atoms with van der Waals surface area (Å²) in [6.45, 7) is 0. The van der Waals surface area contributed by atoms with Gasteiger partial charge in [0, 0.05) is 23.3 Å². The van der Waals surface area contributed by atoms with Crippen LogP contribution in [0.1, 0.15) is 5.56 Å². The van der Waals surface area contributed by atoms with Crippen molar-refractivity contribution < 1.29 is 9.15 Å². The van der Waals surface area contributed by atoms with Gasteiger partial charge in [-0.15, -0.1) is 21.5 Å². The molecule has 0 spiro atoms. The van der Waals surface area contributed by atoms with Gasteiger partial charge in [-0.3, -0.25) is 0 Å². The molecule has 26 heavy (non-hydrogen) atoms. The fourth-order valence-electron chi connectivity index (χ4n) is 2.55. The van der Waals surface area contributed by atoms with Crippen LogP contribution >= 0.6 is 23.1 Å². The van der Waals surface area contributed by atoms with Crippen LogP contribution in [-0.2, 0) is 5.75 Å². The molecule has 3 aromatic heterocycles. The minimum absolute atomic E-state index is 0.408. The number of nitrogens with two attached hydrogens (primary N) is 1. The van der Waals surface area contributed by atoms with Crippen LogP contribution in [0.25, 0.3) is 21.7 Å². The van der Waals surface area contributed by atoms with Gasteiger partial charge in [0.05, 0.1) is 12.0 Å². The summed E-state index contributed by atoms with van der Waals surface area (Å²) in [6.07, 6.45) is 0. The molecule has 1 aromatic carbocycles. The minimum atomic E-state index is -0.408. The lowest BCUT2D eigenvalue weighted by Crippen LogP contribution is -2.11. The third-order valence-electron chi connectivity index (χ3n) is 3.80. The van der Waals surface area contributed by atoms with Gasteiger partial charge in [0.25, 0.3) is 0 Å². The lowest BCUT2D eigenvalue weighted by atomic mass is 10.1. The van der Waals surface area contributed by atoms with E-state index in [9.17, 15) is 4.79 Å². The molecular formula is C17H14N4O3S2. The van der Waals surface area contributed by atoms with Crippen molar-refractivity contribution in [2.75, 3.05) is 13.0 Å². The second kappa shape index (κ2) is 6.85. The number of benzene rings is 1. The van der Waals surface area contributed by atoms with E-state index in [1.165, 1.54) is 22.5 Å². The Bertz CT molecular complexity index is 1120. The number of thiophene rings is 1. The third-order valence-corrected chi connectivity index (χ3v) is 5.66. The molecule has 0 fully saturated rings. The smallest absolute Gasteiger partial charge is 0.336 e. The maximum atomic E-state index is 11.9. The average Bonchev–Trinajstić information content (AvgIpc) is 3.28. The van der Waals surface area contributed by atoms with Gasteiger partial charge in [0.2, 0.25) is 5.16 Å². The molecule has 4 aromatic rings. The number of hydrogen-bond donors (Lipinski definition) is 1. The zero-order valence-electron chi connectivity index (χ0n) is 13.7. The molecule has 132 valence electrons. The summed E-state index contributed by atoms with van der Waals surface area (Å²) in [5.74, 6) is 7.88. The maximum Gasteiger partial charge on any atom is 0.336 e. The molecule has 0 aliphatic carbocycles. The van der Waals surface area contributed by atoms with Gasteiger partial charge < -0.3 is 15.0 Å². The van der Waals surface area contributed by atoms with E-state index < -0.39 is 5.63 Å². The molecule has 0 amide bonds. The normalized spacial score (nSPS) is 11.1. The number of fused-ring (bicyclic) bond motifs is 1. The number of nitrogen functional groups attached to an aromatic ring is 1. The van der Waals surface area contributed by atoms with Crippen molar-refractivity contribution in [1.29, 1.82) is 0 Å². The van der Waals surface area contributed by atoms with Gasteiger partial charge in [-0.25, -0.2) is 9.47 Å². The van der Waals surface area contributed by atoms with Gasteiger partial charge in [-0.2, -0.15) is 0 Å². The molecule has 3 heterocycles. The molecule has 0 aliphatic heterocycles. The van der Waals surface area contributed by atoms with Gasteiger partial charge in [0.15, 0.2) is 5.82 Å². The summed E-state index contributed by atoms with van der Waals surface area (Å²) in [6, 6.07) is 10.8. The lowest BCUT2D eigenvalue weighted by molar-refractivity contribution is 0.414. The molecule has 9 heteroatoms. The molecule has 0 saturated heterocycles. The van der Waals surface area contributed by atoms with Crippen LogP contribution < -0.4 is 16.2 Å².